The number of nitrogens with one attached hydrogen (secondary N) is 1. The number of anilines is 1. The van der Waals surface area contributed by atoms with Crippen LogP contribution in [0.25, 0.3) is 0 Å². The number of benzene rings is 2. The van der Waals surface area contributed by atoms with E-state index in [1.165, 1.54) is 6.07 Å². The average Bonchev–Trinajstić information content (AvgIpc) is 2.41. The summed E-state index contributed by atoms with van der Waals surface area (Å²) in [4.78, 5) is 0. The number of phenols is 1. The van der Waals surface area contributed by atoms with Crippen molar-refractivity contribution in [2.24, 2.45) is 0 Å². The molecule has 0 spiro atoms. The van der Waals surface area contributed by atoms with Crippen molar-refractivity contribution in [1.29, 1.82) is 0 Å². The van der Waals surface area contributed by atoms with Crippen molar-refractivity contribution in [1.82, 2.24) is 0 Å². The summed E-state index contributed by atoms with van der Waals surface area (Å²) in [6.45, 7) is 3.88. The minimum absolute atomic E-state index is 0.206. The van der Waals surface area contributed by atoms with Gasteiger partial charge in [-0.05, 0) is 54.8 Å². The van der Waals surface area contributed by atoms with E-state index in [0.717, 1.165) is 23.4 Å². The highest BCUT2D eigenvalue weighted by atomic mass is 19.4. The van der Waals surface area contributed by atoms with Crippen LogP contribution in [0.2, 0.25) is 0 Å². The van der Waals surface area contributed by atoms with E-state index in [1.54, 1.807) is 25.1 Å². The maximum Gasteiger partial charge on any atom is 0.416 e. The Labute approximate surface area is 121 Å². The number of aromatic hydroxyl groups is 1. The Bertz CT molecular complexity index is 650. The largest absolute Gasteiger partial charge is 0.508 e. The molecule has 0 bridgehead atoms. The van der Waals surface area contributed by atoms with Crippen molar-refractivity contribution in [2.45, 2.75) is 26.6 Å². The molecule has 0 fully saturated rings. The van der Waals surface area contributed by atoms with Gasteiger partial charge in [-0.1, -0.05) is 12.1 Å². The molecule has 2 nitrogen and oxygen atoms in total. The van der Waals surface area contributed by atoms with E-state index in [0.29, 0.717) is 11.1 Å². The number of hydrogen-bond donors (Lipinski definition) is 2. The van der Waals surface area contributed by atoms with Crippen molar-refractivity contribution in [3.05, 3.63) is 58.7 Å². The first-order chi connectivity index (χ1) is 9.77. The number of aryl methyl sites for hydroxylation is 2. The van der Waals surface area contributed by atoms with E-state index in [-0.39, 0.29) is 12.3 Å². The van der Waals surface area contributed by atoms with Crippen LogP contribution in [0.15, 0.2) is 36.4 Å². The summed E-state index contributed by atoms with van der Waals surface area (Å²) in [5.41, 5.74) is 2.25. The molecular formula is C16H16F3NO. The lowest BCUT2D eigenvalue weighted by atomic mass is 10.1. The predicted octanol–water partition coefficient (Wildman–Crippen LogP) is 4.64. The van der Waals surface area contributed by atoms with Crippen molar-refractivity contribution in [3.63, 3.8) is 0 Å². The van der Waals surface area contributed by atoms with Gasteiger partial charge in [0.25, 0.3) is 0 Å². The third kappa shape index (κ3) is 3.68. The van der Waals surface area contributed by atoms with E-state index in [9.17, 15) is 18.3 Å². The van der Waals surface area contributed by atoms with Crippen molar-refractivity contribution < 1.29 is 18.3 Å². The quantitative estimate of drug-likeness (QED) is 0.808. The van der Waals surface area contributed by atoms with Crippen LogP contribution in [0.3, 0.4) is 0 Å². The van der Waals surface area contributed by atoms with Gasteiger partial charge < -0.3 is 10.4 Å². The highest BCUT2D eigenvalue weighted by Gasteiger charge is 2.30. The Morgan fingerprint density at radius 3 is 2.43 bits per heavy atom. The van der Waals surface area contributed by atoms with Gasteiger partial charge in [-0.2, -0.15) is 13.2 Å². The van der Waals surface area contributed by atoms with Gasteiger partial charge in [0.05, 0.1) is 5.56 Å². The van der Waals surface area contributed by atoms with E-state index in [4.69, 9.17) is 0 Å². The van der Waals surface area contributed by atoms with Crippen LogP contribution in [0.4, 0.5) is 18.9 Å². The Morgan fingerprint density at radius 1 is 1.05 bits per heavy atom. The minimum atomic E-state index is -4.33. The molecule has 0 aliphatic rings. The van der Waals surface area contributed by atoms with Gasteiger partial charge in [-0.3, -0.25) is 0 Å². The lowest BCUT2D eigenvalue weighted by Crippen LogP contribution is -2.07. The molecule has 0 radical (unpaired) electrons. The molecule has 0 aromatic heterocycles. The molecule has 0 atom stereocenters. The van der Waals surface area contributed by atoms with E-state index in [2.05, 4.69) is 5.32 Å². The van der Waals surface area contributed by atoms with Crippen LogP contribution >= 0.6 is 0 Å². The SMILES string of the molecule is Cc1cc(NCc2cccc(C(F)(F)F)c2)c(C)cc1O. The molecule has 0 saturated carbocycles. The highest BCUT2D eigenvalue weighted by molar-refractivity contribution is 5.56. The van der Waals surface area contributed by atoms with E-state index < -0.39 is 11.7 Å². The van der Waals surface area contributed by atoms with Gasteiger partial charge in [0.2, 0.25) is 0 Å². The van der Waals surface area contributed by atoms with Gasteiger partial charge in [0.1, 0.15) is 5.75 Å². The fourth-order valence-electron chi connectivity index (χ4n) is 2.05. The maximum atomic E-state index is 12.6. The summed E-state index contributed by atoms with van der Waals surface area (Å²) in [5.74, 6) is 0.206. The molecule has 5 heteroatoms. The topological polar surface area (TPSA) is 32.3 Å². The van der Waals surface area contributed by atoms with Gasteiger partial charge >= 0.3 is 6.18 Å². The van der Waals surface area contributed by atoms with E-state index in [1.807, 2.05) is 6.92 Å². The Hall–Kier alpha value is -2.17. The van der Waals surface area contributed by atoms with Crippen LogP contribution in [-0.4, -0.2) is 5.11 Å². The summed E-state index contributed by atoms with van der Waals surface area (Å²) in [5, 5.41) is 12.7. The minimum Gasteiger partial charge on any atom is -0.508 e. The van der Waals surface area contributed by atoms with Crippen LogP contribution in [0.1, 0.15) is 22.3 Å². The van der Waals surface area contributed by atoms with Gasteiger partial charge in [-0.25, -0.2) is 0 Å². The summed E-state index contributed by atoms with van der Waals surface area (Å²) in [6.07, 6.45) is -4.33. The summed E-state index contributed by atoms with van der Waals surface area (Å²) < 4.78 is 37.9. The second-order valence-corrected chi connectivity index (χ2v) is 5.01. The van der Waals surface area contributed by atoms with Gasteiger partial charge in [0, 0.05) is 12.2 Å². The summed E-state index contributed by atoms with van der Waals surface area (Å²) in [7, 11) is 0. The molecule has 0 amide bonds. The molecule has 2 aromatic rings. The van der Waals surface area contributed by atoms with Crippen molar-refractivity contribution in [3.8, 4) is 5.75 Å². The van der Waals surface area contributed by atoms with Crippen LogP contribution < -0.4 is 5.32 Å². The average molecular weight is 295 g/mol. The smallest absolute Gasteiger partial charge is 0.416 e. The molecule has 0 aliphatic heterocycles. The second kappa shape index (κ2) is 5.68. The summed E-state index contributed by atoms with van der Waals surface area (Å²) >= 11 is 0. The second-order valence-electron chi connectivity index (χ2n) is 5.01. The van der Waals surface area contributed by atoms with Crippen LogP contribution in [0, 0.1) is 13.8 Å². The first-order valence-corrected chi connectivity index (χ1v) is 6.47. The molecule has 0 aliphatic carbocycles. The van der Waals surface area contributed by atoms with Crippen LogP contribution in [0.5, 0.6) is 5.75 Å². The molecule has 0 heterocycles. The van der Waals surface area contributed by atoms with Gasteiger partial charge in [0.15, 0.2) is 0 Å². The van der Waals surface area contributed by atoms with Crippen molar-refractivity contribution >= 4 is 5.69 Å². The Kier molecular flexibility index (Phi) is 4.11. The lowest BCUT2D eigenvalue weighted by molar-refractivity contribution is -0.137. The number of phenolic OH excluding ortho intramolecular Hbond substituents is 1. The molecular weight excluding hydrogens is 279 g/mol. The first kappa shape index (κ1) is 15.2. The predicted molar refractivity (Wildman–Crippen MR) is 76.4 cm³/mol. The molecule has 2 aromatic carbocycles. The fraction of sp³-hybridized carbons (Fsp3) is 0.250. The van der Waals surface area contributed by atoms with Crippen molar-refractivity contribution in [2.75, 3.05) is 5.32 Å². The molecule has 0 unspecified atom stereocenters. The Balaban J connectivity index is 2.15. The summed E-state index contributed by atoms with van der Waals surface area (Å²) in [6, 6.07) is 8.64. The monoisotopic (exact) mass is 295 g/mol. The zero-order valence-electron chi connectivity index (χ0n) is 11.8. The standard InChI is InChI=1S/C16H16F3NO/c1-10-7-15(21)11(2)6-14(10)20-9-12-4-3-5-13(8-12)16(17,18)19/h3-8,20-21H,9H2,1-2H3. The third-order valence-electron chi connectivity index (χ3n) is 3.28. The molecule has 112 valence electrons. The molecule has 21 heavy (non-hydrogen) atoms. The van der Waals surface area contributed by atoms with Gasteiger partial charge in [-0.15, -0.1) is 0 Å². The fourth-order valence-corrected chi connectivity index (χ4v) is 2.05. The molecule has 2 rings (SSSR count). The zero-order valence-corrected chi connectivity index (χ0v) is 11.8. The third-order valence-corrected chi connectivity index (χ3v) is 3.28. The Morgan fingerprint density at radius 2 is 1.76 bits per heavy atom. The maximum absolute atomic E-state index is 12.6. The lowest BCUT2D eigenvalue weighted by Gasteiger charge is -2.13. The molecule has 0 saturated heterocycles. The molecule has 2 N–H and O–H groups in total. The number of rotatable bonds is 3. The highest BCUT2D eigenvalue weighted by Crippen LogP contribution is 2.30. The van der Waals surface area contributed by atoms with Crippen LogP contribution in [-0.2, 0) is 12.7 Å². The normalized spacial score (nSPS) is 11.5. The number of alkyl halides is 3. The number of hydrogen-bond acceptors (Lipinski definition) is 2. The number of halogens is 3. The first-order valence-electron chi connectivity index (χ1n) is 6.47. The van der Waals surface area contributed by atoms with E-state index >= 15 is 0 Å². The zero-order chi connectivity index (χ0) is 15.6.